The van der Waals surface area contributed by atoms with E-state index in [0.29, 0.717) is 18.5 Å². The standard InChI is InChI=1S/C16H18FNO/c1-18-11-13(15-7-2-3-8-16(15)17)9-12-5-4-6-14(19)10-12/h2-8,10,13,18-19H,9,11H2,1H3. The second-order valence-electron chi connectivity index (χ2n) is 4.65. The smallest absolute Gasteiger partial charge is 0.126 e. The largest absolute Gasteiger partial charge is 0.508 e. The summed E-state index contributed by atoms with van der Waals surface area (Å²) in [4.78, 5) is 0. The average Bonchev–Trinajstić information content (AvgIpc) is 2.39. The lowest BCUT2D eigenvalue weighted by atomic mass is 9.91. The predicted molar refractivity (Wildman–Crippen MR) is 74.9 cm³/mol. The fourth-order valence-corrected chi connectivity index (χ4v) is 2.31. The van der Waals surface area contributed by atoms with Gasteiger partial charge in [-0.3, -0.25) is 0 Å². The molecular weight excluding hydrogens is 241 g/mol. The number of halogens is 1. The third kappa shape index (κ3) is 3.55. The van der Waals surface area contributed by atoms with Crippen LogP contribution in [0.5, 0.6) is 5.75 Å². The van der Waals surface area contributed by atoms with Gasteiger partial charge in [0.25, 0.3) is 0 Å². The molecule has 100 valence electrons. The third-order valence-corrected chi connectivity index (χ3v) is 3.19. The first-order valence-electron chi connectivity index (χ1n) is 6.37. The Hall–Kier alpha value is -1.87. The molecule has 0 aliphatic heterocycles. The highest BCUT2D eigenvalue weighted by molar-refractivity contribution is 5.30. The van der Waals surface area contributed by atoms with Crippen LogP contribution < -0.4 is 5.32 Å². The van der Waals surface area contributed by atoms with Crippen LogP contribution in [0, 0.1) is 5.82 Å². The van der Waals surface area contributed by atoms with Crippen LogP contribution in [0.4, 0.5) is 4.39 Å². The van der Waals surface area contributed by atoms with Crippen molar-refractivity contribution in [2.24, 2.45) is 0 Å². The van der Waals surface area contributed by atoms with Crippen LogP contribution in [0.15, 0.2) is 48.5 Å². The van der Waals surface area contributed by atoms with Crippen LogP contribution in [0.1, 0.15) is 17.0 Å². The van der Waals surface area contributed by atoms with Crippen LogP contribution >= 0.6 is 0 Å². The van der Waals surface area contributed by atoms with Gasteiger partial charge in [-0.2, -0.15) is 0 Å². The van der Waals surface area contributed by atoms with E-state index >= 15 is 0 Å². The van der Waals surface area contributed by atoms with E-state index < -0.39 is 0 Å². The SMILES string of the molecule is CNCC(Cc1cccc(O)c1)c1ccccc1F. The van der Waals surface area contributed by atoms with Gasteiger partial charge in [0.2, 0.25) is 0 Å². The molecule has 0 saturated heterocycles. The van der Waals surface area contributed by atoms with Crippen molar-refractivity contribution < 1.29 is 9.50 Å². The molecule has 2 aromatic carbocycles. The molecule has 1 unspecified atom stereocenters. The van der Waals surface area contributed by atoms with Crippen molar-refractivity contribution in [1.29, 1.82) is 0 Å². The van der Waals surface area contributed by atoms with E-state index in [1.165, 1.54) is 6.07 Å². The summed E-state index contributed by atoms with van der Waals surface area (Å²) < 4.78 is 13.9. The van der Waals surface area contributed by atoms with Gasteiger partial charge in [0.05, 0.1) is 0 Å². The highest BCUT2D eigenvalue weighted by Gasteiger charge is 2.15. The van der Waals surface area contributed by atoms with Gasteiger partial charge < -0.3 is 10.4 Å². The maximum Gasteiger partial charge on any atom is 0.126 e. The van der Waals surface area contributed by atoms with Gasteiger partial charge in [-0.15, -0.1) is 0 Å². The summed E-state index contributed by atoms with van der Waals surface area (Å²) in [5, 5.41) is 12.6. The number of phenolic OH excluding ortho intramolecular Hbond substituents is 1. The van der Waals surface area contributed by atoms with Crippen molar-refractivity contribution in [2.75, 3.05) is 13.6 Å². The van der Waals surface area contributed by atoms with Crippen LogP contribution in [0.3, 0.4) is 0 Å². The fraction of sp³-hybridized carbons (Fsp3) is 0.250. The second kappa shape index (κ2) is 6.34. The number of benzene rings is 2. The van der Waals surface area contributed by atoms with Crippen molar-refractivity contribution >= 4 is 0 Å². The minimum atomic E-state index is -0.178. The highest BCUT2D eigenvalue weighted by atomic mass is 19.1. The molecule has 0 aliphatic carbocycles. The van der Waals surface area contributed by atoms with Gasteiger partial charge in [-0.05, 0) is 42.8 Å². The summed E-state index contributed by atoms with van der Waals surface area (Å²) in [7, 11) is 1.86. The van der Waals surface area contributed by atoms with Crippen LogP contribution in [0.2, 0.25) is 0 Å². The highest BCUT2D eigenvalue weighted by Crippen LogP contribution is 2.24. The molecule has 0 fully saturated rings. The van der Waals surface area contributed by atoms with Gasteiger partial charge >= 0.3 is 0 Å². The normalized spacial score (nSPS) is 12.3. The van der Waals surface area contributed by atoms with Gasteiger partial charge in [0.1, 0.15) is 11.6 Å². The Bertz CT molecular complexity index is 542. The lowest BCUT2D eigenvalue weighted by Crippen LogP contribution is -2.20. The number of likely N-dealkylation sites (N-methyl/N-ethyl adjacent to an activating group) is 1. The summed E-state index contributed by atoms with van der Waals surface area (Å²) >= 11 is 0. The zero-order valence-corrected chi connectivity index (χ0v) is 10.9. The van der Waals surface area contributed by atoms with Gasteiger partial charge in [0.15, 0.2) is 0 Å². The Morgan fingerprint density at radius 2 is 1.95 bits per heavy atom. The maximum atomic E-state index is 13.9. The quantitative estimate of drug-likeness (QED) is 0.865. The number of hydrogen-bond acceptors (Lipinski definition) is 2. The van der Waals surface area contributed by atoms with E-state index in [9.17, 15) is 9.50 Å². The molecule has 0 radical (unpaired) electrons. The Morgan fingerprint density at radius 1 is 1.16 bits per heavy atom. The Kier molecular flexibility index (Phi) is 4.53. The van der Waals surface area contributed by atoms with Gasteiger partial charge in [-0.1, -0.05) is 30.3 Å². The number of nitrogens with one attached hydrogen (secondary N) is 1. The Morgan fingerprint density at radius 3 is 2.63 bits per heavy atom. The fourth-order valence-electron chi connectivity index (χ4n) is 2.31. The summed E-state index contributed by atoms with van der Waals surface area (Å²) in [5.41, 5.74) is 1.71. The Labute approximate surface area is 112 Å². The van der Waals surface area contributed by atoms with Crippen molar-refractivity contribution in [3.05, 3.63) is 65.5 Å². The first kappa shape index (κ1) is 13.6. The lowest BCUT2D eigenvalue weighted by molar-refractivity contribution is 0.474. The van der Waals surface area contributed by atoms with Crippen LogP contribution in [0.25, 0.3) is 0 Å². The molecule has 1 atom stereocenters. The molecule has 0 aromatic heterocycles. The minimum absolute atomic E-state index is 0.0491. The van der Waals surface area contributed by atoms with Crippen molar-refractivity contribution in [1.82, 2.24) is 5.32 Å². The number of aromatic hydroxyl groups is 1. The van der Waals surface area contributed by atoms with Crippen molar-refractivity contribution in [2.45, 2.75) is 12.3 Å². The molecule has 0 aliphatic rings. The van der Waals surface area contributed by atoms with E-state index in [4.69, 9.17) is 0 Å². The summed E-state index contributed by atoms with van der Waals surface area (Å²) in [5.74, 6) is 0.116. The van der Waals surface area contributed by atoms with E-state index in [-0.39, 0.29) is 17.5 Å². The molecule has 0 spiro atoms. The van der Waals surface area contributed by atoms with E-state index in [1.807, 2.05) is 31.3 Å². The van der Waals surface area contributed by atoms with E-state index in [2.05, 4.69) is 5.32 Å². The molecule has 2 aromatic rings. The average molecular weight is 259 g/mol. The van der Waals surface area contributed by atoms with Crippen molar-refractivity contribution in [3.63, 3.8) is 0 Å². The molecule has 2 N–H and O–H groups in total. The molecular formula is C16H18FNO. The molecule has 2 nitrogen and oxygen atoms in total. The predicted octanol–water partition coefficient (Wildman–Crippen LogP) is 3.08. The van der Waals surface area contributed by atoms with Crippen LogP contribution in [-0.2, 0) is 6.42 Å². The van der Waals surface area contributed by atoms with Crippen LogP contribution in [-0.4, -0.2) is 18.7 Å². The molecule has 0 bridgehead atoms. The molecule has 3 heteroatoms. The molecule has 2 rings (SSSR count). The third-order valence-electron chi connectivity index (χ3n) is 3.19. The lowest BCUT2D eigenvalue weighted by Gasteiger charge is -2.18. The first-order chi connectivity index (χ1) is 9.20. The number of rotatable bonds is 5. The summed E-state index contributed by atoms with van der Waals surface area (Å²) in [6.45, 7) is 0.691. The summed E-state index contributed by atoms with van der Waals surface area (Å²) in [6.07, 6.45) is 0.691. The zero-order chi connectivity index (χ0) is 13.7. The molecule has 0 amide bonds. The molecule has 19 heavy (non-hydrogen) atoms. The maximum absolute atomic E-state index is 13.9. The second-order valence-corrected chi connectivity index (χ2v) is 4.65. The Balaban J connectivity index is 2.24. The van der Waals surface area contributed by atoms with Gasteiger partial charge in [0, 0.05) is 12.5 Å². The molecule has 0 heterocycles. The molecule has 0 saturated carbocycles. The van der Waals surface area contributed by atoms with E-state index in [1.54, 1.807) is 18.2 Å². The van der Waals surface area contributed by atoms with Crippen molar-refractivity contribution in [3.8, 4) is 5.75 Å². The number of hydrogen-bond donors (Lipinski definition) is 2. The van der Waals surface area contributed by atoms with Gasteiger partial charge in [-0.25, -0.2) is 4.39 Å². The minimum Gasteiger partial charge on any atom is -0.508 e. The zero-order valence-electron chi connectivity index (χ0n) is 10.9. The number of phenols is 1. The topological polar surface area (TPSA) is 32.3 Å². The first-order valence-corrected chi connectivity index (χ1v) is 6.37. The monoisotopic (exact) mass is 259 g/mol. The summed E-state index contributed by atoms with van der Waals surface area (Å²) in [6, 6.07) is 14.0. The van der Waals surface area contributed by atoms with E-state index in [0.717, 1.165) is 5.56 Å².